The fourth-order valence-electron chi connectivity index (χ4n) is 3.76. The molecule has 0 bridgehead atoms. The second-order valence-electron chi connectivity index (χ2n) is 7.51. The number of rotatable bonds is 3. The molecule has 3 amide bonds. The van der Waals surface area contributed by atoms with Crippen molar-refractivity contribution in [3.05, 3.63) is 29.8 Å². The van der Waals surface area contributed by atoms with Gasteiger partial charge in [-0.05, 0) is 37.5 Å². The predicted octanol–water partition coefficient (Wildman–Crippen LogP) is 2.55. The van der Waals surface area contributed by atoms with E-state index >= 15 is 0 Å². The molecule has 1 N–H and O–H groups in total. The third-order valence-corrected chi connectivity index (χ3v) is 5.36. The Kier molecular flexibility index (Phi) is 6.01. The zero-order valence-corrected chi connectivity index (χ0v) is 15.9. The molecular formula is C20H30N4O2. The Hall–Kier alpha value is -2.24. The smallest absolute Gasteiger partial charge is 0.317 e. The second-order valence-corrected chi connectivity index (χ2v) is 7.51. The zero-order valence-electron chi connectivity index (χ0n) is 15.9. The summed E-state index contributed by atoms with van der Waals surface area (Å²) in [6.45, 7) is 2.58. The average Bonchev–Trinajstić information content (AvgIpc) is 3.02. The van der Waals surface area contributed by atoms with E-state index in [1.165, 1.54) is 12.8 Å². The van der Waals surface area contributed by atoms with E-state index in [-0.39, 0.29) is 11.9 Å². The molecule has 2 aliphatic rings. The SMILES string of the molecule is CN(C)c1cccc(C(=O)N2CCCN(C(=O)NC3CCCC3)CC2)c1. The highest BCUT2D eigenvalue weighted by Gasteiger charge is 2.25. The summed E-state index contributed by atoms with van der Waals surface area (Å²) in [6.07, 6.45) is 5.41. The Morgan fingerprint density at radius 3 is 2.42 bits per heavy atom. The molecule has 142 valence electrons. The van der Waals surface area contributed by atoms with E-state index in [0.29, 0.717) is 37.8 Å². The summed E-state index contributed by atoms with van der Waals surface area (Å²) in [5.41, 5.74) is 1.73. The van der Waals surface area contributed by atoms with E-state index in [1.54, 1.807) is 0 Å². The first-order valence-corrected chi connectivity index (χ1v) is 9.66. The molecule has 2 fully saturated rings. The topological polar surface area (TPSA) is 55.9 Å². The summed E-state index contributed by atoms with van der Waals surface area (Å²) in [5, 5.41) is 3.15. The van der Waals surface area contributed by atoms with Crippen LogP contribution in [-0.2, 0) is 0 Å². The number of hydrogen-bond donors (Lipinski definition) is 1. The summed E-state index contributed by atoms with van der Waals surface area (Å²) in [6, 6.07) is 8.07. The lowest BCUT2D eigenvalue weighted by Gasteiger charge is -2.24. The number of nitrogens with one attached hydrogen (secondary N) is 1. The molecular weight excluding hydrogens is 328 g/mol. The van der Waals surface area contributed by atoms with Gasteiger partial charge in [0.05, 0.1) is 0 Å². The Morgan fingerprint density at radius 2 is 1.69 bits per heavy atom. The van der Waals surface area contributed by atoms with Crippen molar-refractivity contribution in [2.75, 3.05) is 45.2 Å². The Balaban J connectivity index is 1.58. The highest BCUT2D eigenvalue weighted by Crippen LogP contribution is 2.19. The summed E-state index contributed by atoms with van der Waals surface area (Å²) >= 11 is 0. The molecule has 3 rings (SSSR count). The largest absolute Gasteiger partial charge is 0.378 e. The van der Waals surface area contributed by atoms with E-state index in [1.807, 2.05) is 53.1 Å². The van der Waals surface area contributed by atoms with Crippen LogP contribution in [0.1, 0.15) is 42.5 Å². The summed E-state index contributed by atoms with van der Waals surface area (Å²) in [4.78, 5) is 31.1. The number of nitrogens with zero attached hydrogens (tertiary/aromatic N) is 3. The normalized spacial score (nSPS) is 18.5. The monoisotopic (exact) mass is 358 g/mol. The first kappa shape index (κ1) is 18.5. The lowest BCUT2D eigenvalue weighted by atomic mass is 10.1. The fraction of sp³-hybridized carbons (Fsp3) is 0.600. The molecule has 1 saturated carbocycles. The maximum absolute atomic E-state index is 12.9. The van der Waals surface area contributed by atoms with Crippen LogP contribution in [0.5, 0.6) is 0 Å². The lowest BCUT2D eigenvalue weighted by molar-refractivity contribution is 0.0762. The van der Waals surface area contributed by atoms with Gasteiger partial charge in [0.1, 0.15) is 0 Å². The highest BCUT2D eigenvalue weighted by molar-refractivity contribution is 5.95. The van der Waals surface area contributed by atoms with Crippen molar-refractivity contribution in [2.24, 2.45) is 0 Å². The van der Waals surface area contributed by atoms with Crippen LogP contribution in [0, 0.1) is 0 Å². The van der Waals surface area contributed by atoms with Crippen molar-refractivity contribution < 1.29 is 9.59 Å². The molecule has 0 spiro atoms. The van der Waals surface area contributed by atoms with Crippen molar-refractivity contribution >= 4 is 17.6 Å². The van der Waals surface area contributed by atoms with Crippen molar-refractivity contribution in [1.82, 2.24) is 15.1 Å². The number of carbonyl (C=O) groups excluding carboxylic acids is 2. The molecule has 1 aliphatic carbocycles. The Bertz CT molecular complexity index is 640. The van der Waals surface area contributed by atoms with Crippen LogP contribution in [0.15, 0.2) is 24.3 Å². The van der Waals surface area contributed by atoms with Crippen LogP contribution >= 0.6 is 0 Å². The van der Waals surface area contributed by atoms with Gasteiger partial charge in [-0.1, -0.05) is 18.9 Å². The van der Waals surface area contributed by atoms with Crippen LogP contribution in [0.2, 0.25) is 0 Å². The average molecular weight is 358 g/mol. The first-order chi connectivity index (χ1) is 12.5. The quantitative estimate of drug-likeness (QED) is 0.903. The first-order valence-electron chi connectivity index (χ1n) is 9.66. The van der Waals surface area contributed by atoms with Gasteiger partial charge in [-0.25, -0.2) is 4.79 Å². The molecule has 1 saturated heterocycles. The molecule has 1 aliphatic heterocycles. The number of urea groups is 1. The molecule has 0 radical (unpaired) electrons. The van der Waals surface area contributed by atoms with Crippen LogP contribution in [-0.4, -0.2) is 68.1 Å². The molecule has 1 aromatic carbocycles. The van der Waals surface area contributed by atoms with E-state index in [0.717, 1.165) is 24.9 Å². The summed E-state index contributed by atoms with van der Waals surface area (Å²) < 4.78 is 0. The van der Waals surface area contributed by atoms with Gasteiger partial charge in [0.25, 0.3) is 5.91 Å². The van der Waals surface area contributed by atoms with Gasteiger partial charge in [0.2, 0.25) is 0 Å². The van der Waals surface area contributed by atoms with E-state index in [2.05, 4.69) is 5.32 Å². The van der Waals surface area contributed by atoms with Gasteiger partial charge in [-0.3, -0.25) is 4.79 Å². The minimum Gasteiger partial charge on any atom is -0.378 e. The third kappa shape index (κ3) is 4.48. The Morgan fingerprint density at radius 1 is 1.00 bits per heavy atom. The molecule has 26 heavy (non-hydrogen) atoms. The number of hydrogen-bond acceptors (Lipinski definition) is 3. The molecule has 0 unspecified atom stereocenters. The van der Waals surface area contributed by atoms with Gasteiger partial charge in [0.15, 0.2) is 0 Å². The number of carbonyl (C=O) groups is 2. The summed E-state index contributed by atoms with van der Waals surface area (Å²) in [5.74, 6) is 0.0479. The van der Waals surface area contributed by atoms with Gasteiger partial charge in [-0.2, -0.15) is 0 Å². The van der Waals surface area contributed by atoms with Gasteiger partial charge in [-0.15, -0.1) is 0 Å². The maximum atomic E-state index is 12.9. The van der Waals surface area contributed by atoms with Crippen molar-refractivity contribution in [2.45, 2.75) is 38.1 Å². The number of anilines is 1. The van der Waals surface area contributed by atoms with Crippen LogP contribution in [0.25, 0.3) is 0 Å². The molecule has 0 atom stereocenters. The number of amides is 3. The molecule has 6 nitrogen and oxygen atoms in total. The molecule has 1 heterocycles. The number of benzene rings is 1. The fourth-order valence-corrected chi connectivity index (χ4v) is 3.76. The maximum Gasteiger partial charge on any atom is 0.317 e. The van der Waals surface area contributed by atoms with Crippen LogP contribution in [0.4, 0.5) is 10.5 Å². The second kappa shape index (κ2) is 8.43. The Labute approximate surface area is 156 Å². The minimum atomic E-state index is 0.0285. The molecule has 0 aromatic heterocycles. The molecule has 1 aromatic rings. The minimum absolute atomic E-state index is 0.0285. The predicted molar refractivity (Wildman–Crippen MR) is 104 cm³/mol. The van der Waals surface area contributed by atoms with Crippen molar-refractivity contribution in [3.63, 3.8) is 0 Å². The van der Waals surface area contributed by atoms with E-state index in [9.17, 15) is 9.59 Å². The van der Waals surface area contributed by atoms with Crippen molar-refractivity contribution in [1.29, 1.82) is 0 Å². The van der Waals surface area contributed by atoms with Crippen molar-refractivity contribution in [3.8, 4) is 0 Å². The van der Waals surface area contributed by atoms with Gasteiger partial charge >= 0.3 is 6.03 Å². The van der Waals surface area contributed by atoms with Gasteiger partial charge < -0.3 is 20.0 Å². The van der Waals surface area contributed by atoms with Crippen LogP contribution < -0.4 is 10.2 Å². The lowest BCUT2D eigenvalue weighted by Crippen LogP contribution is -2.45. The highest BCUT2D eigenvalue weighted by atomic mass is 16.2. The van der Waals surface area contributed by atoms with E-state index < -0.39 is 0 Å². The van der Waals surface area contributed by atoms with E-state index in [4.69, 9.17) is 0 Å². The molecule has 6 heteroatoms. The standard InChI is InChI=1S/C20H30N4O2/c1-22(2)18-10-5-7-16(15-18)19(25)23-11-6-12-24(14-13-23)20(26)21-17-8-3-4-9-17/h5,7,10,15,17H,3-4,6,8-9,11-14H2,1-2H3,(H,21,26). The summed E-state index contributed by atoms with van der Waals surface area (Å²) in [7, 11) is 3.94. The van der Waals surface area contributed by atoms with Crippen LogP contribution in [0.3, 0.4) is 0 Å². The van der Waals surface area contributed by atoms with Gasteiger partial charge in [0, 0.05) is 57.6 Å². The zero-order chi connectivity index (χ0) is 18.5. The third-order valence-electron chi connectivity index (χ3n) is 5.36.